The summed E-state index contributed by atoms with van der Waals surface area (Å²) in [5.74, 6) is 1.40. The van der Waals surface area contributed by atoms with Crippen LogP contribution >= 0.6 is 23.2 Å². The molecule has 2 aliphatic carbocycles. The molecule has 0 bridgehead atoms. The molecule has 6 rings (SSSR count). The van der Waals surface area contributed by atoms with Crippen LogP contribution in [-0.4, -0.2) is 44.3 Å². The Balaban J connectivity index is 1.03. The number of carbonyl (C=O) groups is 3. The molecular weight excluding hydrogens is 695 g/mol. The fourth-order valence-electron chi connectivity index (χ4n) is 7.52. The minimum atomic E-state index is -1.12. The molecule has 1 fully saturated rings. The molecule has 2 N–H and O–H groups in total. The van der Waals surface area contributed by atoms with Gasteiger partial charge < -0.3 is 15.3 Å². The molecule has 10 heteroatoms. The number of carboxylic acid groups (broad SMARTS) is 1. The number of nitrogens with zero attached hydrogens (tertiary/aromatic N) is 3. The molecule has 0 saturated heterocycles. The van der Waals surface area contributed by atoms with Gasteiger partial charge in [0.05, 0.1) is 16.5 Å². The number of nitrogens with one attached hydrogen (secondary N) is 1. The van der Waals surface area contributed by atoms with Crippen molar-refractivity contribution in [1.82, 2.24) is 14.9 Å². The molecule has 2 amide bonds. The Morgan fingerprint density at radius 3 is 2.13 bits per heavy atom. The lowest BCUT2D eigenvalue weighted by atomic mass is 9.71. The highest BCUT2D eigenvalue weighted by molar-refractivity contribution is 6.42. The maximum absolute atomic E-state index is 13.4. The van der Waals surface area contributed by atoms with Gasteiger partial charge in [-0.15, -0.1) is 0 Å². The van der Waals surface area contributed by atoms with Crippen molar-refractivity contribution in [2.75, 3.05) is 11.9 Å². The van der Waals surface area contributed by atoms with E-state index in [9.17, 15) is 19.5 Å². The zero-order valence-corrected chi connectivity index (χ0v) is 30.9. The topological polar surface area (TPSA) is 112 Å². The number of amides is 2. The lowest BCUT2D eigenvalue weighted by molar-refractivity contribution is -0.137. The fraction of sp³-hybridized carbons (Fsp3) is 0.357. The molecule has 8 nitrogen and oxygen atoms in total. The van der Waals surface area contributed by atoms with Gasteiger partial charge >= 0.3 is 5.97 Å². The van der Waals surface area contributed by atoms with Crippen LogP contribution < -0.4 is 5.32 Å². The first-order valence-electron chi connectivity index (χ1n) is 18.1. The zero-order valence-electron chi connectivity index (χ0n) is 29.4. The van der Waals surface area contributed by atoms with Crippen LogP contribution in [0.5, 0.6) is 0 Å². The Morgan fingerprint density at radius 1 is 0.827 bits per heavy atom. The van der Waals surface area contributed by atoms with E-state index < -0.39 is 18.4 Å². The smallest absolute Gasteiger partial charge is 0.323 e. The third kappa shape index (κ3) is 9.66. The fourth-order valence-corrected chi connectivity index (χ4v) is 7.84. The number of halogens is 2. The van der Waals surface area contributed by atoms with E-state index in [1.54, 1.807) is 42.5 Å². The number of anilines is 1. The van der Waals surface area contributed by atoms with E-state index in [2.05, 4.69) is 28.3 Å². The number of carbonyl (C=O) groups excluding carboxylic acids is 2. The predicted molar refractivity (Wildman–Crippen MR) is 206 cm³/mol. The van der Waals surface area contributed by atoms with Crippen LogP contribution in [0.25, 0.3) is 17.0 Å². The molecule has 0 aliphatic heterocycles. The Hall–Kier alpha value is -4.53. The van der Waals surface area contributed by atoms with Gasteiger partial charge in [-0.25, -0.2) is 9.97 Å². The van der Waals surface area contributed by atoms with E-state index in [-0.39, 0.29) is 18.9 Å². The van der Waals surface area contributed by atoms with Crippen molar-refractivity contribution in [3.05, 3.63) is 117 Å². The Morgan fingerprint density at radius 2 is 1.52 bits per heavy atom. The number of allylic oxidation sites excluding steroid dienone is 2. The minimum absolute atomic E-state index is 0.0960. The molecule has 1 aromatic heterocycles. The zero-order chi connectivity index (χ0) is 36.6. The number of carboxylic acids is 1. The van der Waals surface area contributed by atoms with Gasteiger partial charge in [0, 0.05) is 41.3 Å². The van der Waals surface area contributed by atoms with Crippen LogP contribution in [0.2, 0.25) is 10.0 Å². The lowest BCUT2D eigenvalue weighted by Gasteiger charge is -2.35. The quantitative estimate of drug-likeness (QED) is 0.150. The van der Waals surface area contributed by atoms with Gasteiger partial charge in [-0.3, -0.25) is 14.4 Å². The van der Waals surface area contributed by atoms with E-state index in [1.807, 2.05) is 36.7 Å². The standard InChI is InChI=1S/C42H44Cl2N4O4/c1-2-27-3-8-30(9-4-27)31-12-14-32(15-13-31)35-23-45-41(46-24-35)33-10-5-28(6-11-33)25-48(26-40(50)51)42(52)34-16-18-36(19-17-34)47-39(49)22-29-7-20-37(43)38(44)21-29/h5-7,10-11,14,16-21,23-24,27,30-31H,2-4,8-9,12-13,15,22,25-26H2,1H3,(H,47,49)(H,50,51)/t27-,30-,31?. The van der Waals surface area contributed by atoms with Gasteiger partial charge in [0.15, 0.2) is 5.82 Å². The third-order valence-electron chi connectivity index (χ3n) is 10.6. The third-order valence-corrected chi connectivity index (χ3v) is 11.3. The molecule has 1 atom stereocenters. The highest BCUT2D eigenvalue weighted by Crippen LogP contribution is 2.41. The number of hydrogen-bond donors (Lipinski definition) is 2. The SMILES string of the molecule is CC[C@H]1CC[C@H](C2CC=C(c3cnc(-c4ccc(CN(CC(=O)O)C(=O)c5ccc(NC(=O)Cc6ccc(Cl)c(Cl)c6)cc5)cc4)nc3)CC2)CC1. The summed E-state index contributed by atoms with van der Waals surface area (Å²) in [6.45, 7) is 1.95. The van der Waals surface area contributed by atoms with Crippen molar-refractivity contribution >= 4 is 52.2 Å². The second-order valence-corrected chi connectivity index (χ2v) is 14.9. The molecule has 0 spiro atoms. The van der Waals surface area contributed by atoms with Crippen molar-refractivity contribution in [1.29, 1.82) is 0 Å². The molecule has 2 aliphatic rings. The van der Waals surface area contributed by atoms with Crippen molar-refractivity contribution < 1.29 is 19.5 Å². The van der Waals surface area contributed by atoms with Crippen LogP contribution in [-0.2, 0) is 22.6 Å². The summed E-state index contributed by atoms with van der Waals surface area (Å²) in [5, 5.41) is 13.2. The summed E-state index contributed by atoms with van der Waals surface area (Å²) in [6.07, 6.45) is 16.7. The van der Waals surface area contributed by atoms with Crippen LogP contribution in [0, 0.1) is 17.8 Å². The molecule has 1 unspecified atom stereocenters. The second-order valence-electron chi connectivity index (χ2n) is 14.1. The Labute approximate surface area is 315 Å². The number of aliphatic carboxylic acids is 1. The summed E-state index contributed by atoms with van der Waals surface area (Å²) >= 11 is 12.0. The van der Waals surface area contributed by atoms with Crippen molar-refractivity contribution in [2.24, 2.45) is 17.8 Å². The second kappa shape index (κ2) is 17.3. The Bertz CT molecular complexity index is 1900. The van der Waals surface area contributed by atoms with Crippen LogP contribution in [0.4, 0.5) is 5.69 Å². The molecule has 52 heavy (non-hydrogen) atoms. The van der Waals surface area contributed by atoms with Crippen LogP contribution in [0.3, 0.4) is 0 Å². The minimum Gasteiger partial charge on any atom is -0.480 e. The first-order chi connectivity index (χ1) is 25.1. The van der Waals surface area contributed by atoms with Gasteiger partial charge in [0.2, 0.25) is 5.91 Å². The summed E-state index contributed by atoms with van der Waals surface area (Å²) in [7, 11) is 0. The van der Waals surface area contributed by atoms with Gasteiger partial charge in [-0.2, -0.15) is 0 Å². The van der Waals surface area contributed by atoms with Crippen molar-refractivity contribution in [2.45, 2.75) is 71.3 Å². The predicted octanol–water partition coefficient (Wildman–Crippen LogP) is 9.76. The monoisotopic (exact) mass is 738 g/mol. The lowest BCUT2D eigenvalue weighted by Crippen LogP contribution is -2.35. The average molecular weight is 740 g/mol. The molecule has 270 valence electrons. The number of hydrogen-bond acceptors (Lipinski definition) is 5. The van der Waals surface area contributed by atoms with Crippen LogP contribution in [0.15, 0.2) is 85.2 Å². The molecule has 4 aromatic rings. The molecule has 1 heterocycles. The number of aromatic nitrogens is 2. The van der Waals surface area contributed by atoms with E-state index >= 15 is 0 Å². The summed E-state index contributed by atoms with van der Waals surface area (Å²) < 4.78 is 0. The molecule has 3 aromatic carbocycles. The van der Waals surface area contributed by atoms with E-state index in [4.69, 9.17) is 23.2 Å². The van der Waals surface area contributed by atoms with Gasteiger partial charge in [0.25, 0.3) is 5.91 Å². The summed E-state index contributed by atoms with van der Waals surface area (Å²) in [5.41, 5.74) is 5.53. The normalized spacial score (nSPS) is 18.7. The number of benzene rings is 3. The molecule has 0 radical (unpaired) electrons. The van der Waals surface area contributed by atoms with E-state index in [0.717, 1.165) is 47.3 Å². The van der Waals surface area contributed by atoms with Crippen molar-refractivity contribution in [3.63, 3.8) is 0 Å². The maximum atomic E-state index is 13.4. The Kier molecular flexibility index (Phi) is 12.4. The summed E-state index contributed by atoms with van der Waals surface area (Å²) in [6, 6.07) is 18.9. The van der Waals surface area contributed by atoms with Gasteiger partial charge in [-0.05, 0) is 103 Å². The van der Waals surface area contributed by atoms with E-state index in [1.165, 1.54) is 49.0 Å². The van der Waals surface area contributed by atoms with Gasteiger partial charge in [0.1, 0.15) is 6.54 Å². The molecule has 1 saturated carbocycles. The first-order valence-corrected chi connectivity index (χ1v) is 18.9. The largest absolute Gasteiger partial charge is 0.480 e. The highest BCUT2D eigenvalue weighted by Gasteiger charge is 2.28. The van der Waals surface area contributed by atoms with Gasteiger partial charge in [-0.1, -0.05) is 85.8 Å². The van der Waals surface area contributed by atoms with Crippen LogP contribution in [0.1, 0.15) is 85.3 Å². The highest BCUT2D eigenvalue weighted by atomic mass is 35.5. The van der Waals surface area contributed by atoms with E-state index in [0.29, 0.717) is 32.7 Å². The maximum Gasteiger partial charge on any atom is 0.323 e. The van der Waals surface area contributed by atoms with Crippen molar-refractivity contribution in [3.8, 4) is 11.4 Å². The number of rotatable bonds is 12. The summed E-state index contributed by atoms with van der Waals surface area (Å²) in [4.78, 5) is 48.3. The average Bonchev–Trinajstić information content (AvgIpc) is 3.16. The molecular formula is C42H44Cl2N4O4. The first kappa shape index (κ1) is 37.2.